The number of nitrogens with zero attached hydrogens (tertiary/aromatic N) is 1. The second kappa shape index (κ2) is 6.48. The number of rotatable bonds is 4. The highest BCUT2D eigenvalue weighted by Crippen LogP contribution is 2.28. The molecule has 1 aromatic carbocycles. The van der Waals surface area contributed by atoms with Gasteiger partial charge in [-0.15, -0.1) is 0 Å². The SMILES string of the molecule is NCC1CCN(C(=O)CCC2Cc3ccccc3NC2=O)C1. The van der Waals surface area contributed by atoms with Gasteiger partial charge in [0.1, 0.15) is 0 Å². The molecule has 1 saturated heterocycles. The first-order valence-electron chi connectivity index (χ1n) is 8.04. The summed E-state index contributed by atoms with van der Waals surface area (Å²) < 4.78 is 0. The number of carbonyl (C=O) groups is 2. The van der Waals surface area contributed by atoms with Crippen molar-refractivity contribution < 1.29 is 9.59 Å². The van der Waals surface area contributed by atoms with E-state index in [-0.39, 0.29) is 17.7 Å². The predicted molar refractivity (Wildman–Crippen MR) is 85.2 cm³/mol. The number of anilines is 1. The Hall–Kier alpha value is -1.88. The Morgan fingerprint density at radius 1 is 1.36 bits per heavy atom. The van der Waals surface area contributed by atoms with Gasteiger partial charge in [-0.1, -0.05) is 18.2 Å². The maximum absolute atomic E-state index is 12.3. The number of benzene rings is 1. The molecular weight excluding hydrogens is 278 g/mol. The molecule has 2 aliphatic rings. The number of nitrogens with one attached hydrogen (secondary N) is 1. The van der Waals surface area contributed by atoms with Gasteiger partial charge in [-0.05, 0) is 43.4 Å². The van der Waals surface area contributed by atoms with Crippen molar-refractivity contribution in [3.05, 3.63) is 29.8 Å². The number of carbonyl (C=O) groups excluding carboxylic acids is 2. The van der Waals surface area contributed by atoms with E-state index in [0.29, 0.717) is 25.3 Å². The van der Waals surface area contributed by atoms with E-state index in [9.17, 15) is 9.59 Å². The first kappa shape index (κ1) is 15.0. The molecular formula is C17H23N3O2. The number of likely N-dealkylation sites (tertiary alicyclic amines) is 1. The van der Waals surface area contributed by atoms with Gasteiger partial charge in [0.2, 0.25) is 11.8 Å². The third-order valence-corrected chi connectivity index (χ3v) is 4.79. The third-order valence-electron chi connectivity index (χ3n) is 4.79. The van der Waals surface area contributed by atoms with Crippen molar-refractivity contribution in [3.8, 4) is 0 Å². The Kier molecular flexibility index (Phi) is 4.43. The standard InChI is InChI=1S/C17H23N3O2/c18-10-12-7-8-20(11-12)16(21)6-5-14-9-13-3-1-2-4-15(13)19-17(14)22/h1-4,12,14H,5-11,18H2,(H,19,22). The van der Waals surface area contributed by atoms with Gasteiger partial charge >= 0.3 is 0 Å². The Labute approximate surface area is 130 Å². The van der Waals surface area contributed by atoms with Crippen LogP contribution in [0.2, 0.25) is 0 Å². The van der Waals surface area contributed by atoms with Gasteiger partial charge in [0, 0.05) is 31.1 Å². The molecule has 22 heavy (non-hydrogen) atoms. The maximum Gasteiger partial charge on any atom is 0.227 e. The number of hydrogen-bond donors (Lipinski definition) is 2. The molecule has 0 aromatic heterocycles. The lowest BCUT2D eigenvalue weighted by Crippen LogP contribution is -2.33. The molecule has 2 aliphatic heterocycles. The van der Waals surface area contributed by atoms with Crippen LogP contribution >= 0.6 is 0 Å². The summed E-state index contributed by atoms with van der Waals surface area (Å²) in [7, 11) is 0. The summed E-state index contributed by atoms with van der Waals surface area (Å²) in [6, 6.07) is 7.86. The van der Waals surface area contributed by atoms with Crippen LogP contribution in [0.25, 0.3) is 0 Å². The summed E-state index contributed by atoms with van der Waals surface area (Å²) in [6.07, 6.45) is 2.78. The second-order valence-electron chi connectivity index (χ2n) is 6.32. The van der Waals surface area contributed by atoms with Crippen LogP contribution in [-0.4, -0.2) is 36.3 Å². The first-order valence-corrected chi connectivity index (χ1v) is 8.04. The zero-order valence-electron chi connectivity index (χ0n) is 12.8. The highest BCUT2D eigenvalue weighted by molar-refractivity contribution is 5.96. The predicted octanol–water partition coefficient (Wildman–Crippen LogP) is 1.38. The van der Waals surface area contributed by atoms with Crippen molar-refractivity contribution >= 4 is 17.5 Å². The zero-order chi connectivity index (χ0) is 15.5. The fourth-order valence-corrected chi connectivity index (χ4v) is 3.35. The molecule has 0 spiro atoms. The fourth-order valence-electron chi connectivity index (χ4n) is 3.35. The molecule has 0 aliphatic carbocycles. The molecule has 2 amide bonds. The fraction of sp³-hybridized carbons (Fsp3) is 0.529. The molecule has 2 atom stereocenters. The normalized spacial score (nSPS) is 24.0. The van der Waals surface area contributed by atoms with Gasteiger partial charge < -0.3 is 16.0 Å². The van der Waals surface area contributed by atoms with Crippen LogP contribution in [0.4, 0.5) is 5.69 Å². The number of nitrogens with two attached hydrogens (primary N) is 1. The van der Waals surface area contributed by atoms with Crippen molar-refractivity contribution in [2.24, 2.45) is 17.6 Å². The number of amides is 2. The average Bonchev–Trinajstić information content (AvgIpc) is 3.01. The van der Waals surface area contributed by atoms with Crippen LogP contribution in [0.15, 0.2) is 24.3 Å². The quantitative estimate of drug-likeness (QED) is 0.882. The Morgan fingerprint density at radius 3 is 2.95 bits per heavy atom. The Morgan fingerprint density at radius 2 is 2.18 bits per heavy atom. The molecule has 0 bridgehead atoms. The minimum absolute atomic E-state index is 0.0350. The second-order valence-corrected chi connectivity index (χ2v) is 6.32. The monoisotopic (exact) mass is 301 g/mol. The van der Waals surface area contributed by atoms with E-state index >= 15 is 0 Å². The van der Waals surface area contributed by atoms with Crippen molar-refractivity contribution in [1.29, 1.82) is 0 Å². The molecule has 1 fully saturated rings. The lowest BCUT2D eigenvalue weighted by molar-refractivity contribution is -0.130. The Balaban J connectivity index is 1.54. The molecule has 2 unspecified atom stereocenters. The molecule has 3 N–H and O–H groups in total. The Bertz CT molecular complexity index is 573. The minimum Gasteiger partial charge on any atom is -0.342 e. The lowest BCUT2D eigenvalue weighted by Gasteiger charge is -2.25. The molecule has 118 valence electrons. The highest BCUT2D eigenvalue weighted by Gasteiger charge is 2.29. The van der Waals surface area contributed by atoms with Crippen LogP contribution in [0, 0.1) is 11.8 Å². The van der Waals surface area contributed by atoms with E-state index in [4.69, 9.17) is 5.73 Å². The summed E-state index contributed by atoms with van der Waals surface area (Å²) in [5.74, 6) is 0.524. The van der Waals surface area contributed by atoms with Crippen LogP contribution in [-0.2, 0) is 16.0 Å². The molecule has 5 heteroatoms. The molecule has 2 heterocycles. The molecule has 0 radical (unpaired) electrons. The zero-order valence-corrected chi connectivity index (χ0v) is 12.8. The molecule has 3 rings (SSSR count). The molecule has 1 aromatic rings. The number of fused-ring (bicyclic) bond motifs is 1. The van der Waals surface area contributed by atoms with E-state index in [1.807, 2.05) is 29.2 Å². The smallest absolute Gasteiger partial charge is 0.227 e. The largest absolute Gasteiger partial charge is 0.342 e. The first-order chi connectivity index (χ1) is 10.7. The summed E-state index contributed by atoms with van der Waals surface area (Å²) in [5.41, 5.74) is 7.72. The van der Waals surface area contributed by atoms with Crippen LogP contribution in [0.1, 0.15) is 24.8 Å². The summed E-state index contributed by atoms with van der Waals surface area (Å²) >= 11 is 0. The van der Waals surface area contributed by atoms with E-state index in [1.165, 1.54) is 0 Å². The minimum atomic E-state index is -0.105. The van der Waals surface area contributed by atoms with Gasteiger partial charge in [-0.2, -0.15) is 0 Å². The van der Waals surface area contributed by atoms with E-state index in [2.05, 4.69) is 5.32 Å². The van der Waals surface area contributed by atoms with E-state index < -0.39 is 0 Å². The highest BCUT2D eigenvalue weighted by atomic mass is 16.2. The lowest BCUT2D eigenvalue weighted by atomic mass is 9.89. The van der Waals surface area contributed by atoms with Crippen molar-refractivity contribution in [2.75, 3.05) is 25.0 Å². The average molecular weight is 301 g/mol. The number of para-hydroxylation sites is 1. The van der Waals surface area contributed by atoms with Gasteiger partial charge in [0.15, 0.2) is 0 Å². The summed E-state index contributed by atoms with van der Waals surface area (Å²) in [6.45, 7) is 2.22. The van der Waals surface area contributed by atoms with Crippen LogP contribution in [0.5, 0.6) is 0 Å². The molecule has 0 saturated carbocycles. The summed E-state index contributed by atoms with van der Waals surface area (Å²) in [4.78, 5) is 26.3. The maximum atomic E-state index is 12.3. The van der Waals surface area contributed by atoms with Crippen LogP contribution < -0.4 is 11.1 Å². The third kappa shape index (κ3) is 3.14. The topological polar surface area (TPSA) is 75.4 Å². The van der Waals surface area contributed by atoms with Gasteiger partial charge in [-0.25, -0.2) is 0 Å². The van der Waals surface area contributed by atoms with Gasteiger partial charge in [0.05, 0.1) is 0 Å². The van der Waals surface area contributed by atoms with Gasteiger partial charge in [0.25, 0.3) is 0 Å². The van der Waals surface area contributed by atoms with E-state index in [0.717, 1.165) is 37.2 Å². The number of hydrogen-bond acceptors (Lipinski definition) is 3. The van der Waals surface area contributed by atoms with Crippen LogP contribution in [0.3, 0.4) is 0 Å². The molecule has 5 nitrogen and oxygen atoms in total. The van der Waals surface area contributed by atoms with Crippen molar-refractivity contribution in [3.63, 3.8) is 0 Å². The van der Waals surface area contributed by atoms with Gasteiger partial charge in [-0.3, -0.25) is 9.59 Å². The van der Waals surface area contributed by atoms with E-state index in [1.54, 1.807) is 0 Å². The van der Waals surface area contributed by atoms with Crippen molar-refractivity contribution in [1.82, 2.24) is 4.90 Å². The summed E-state index contributed by atoms with van der Waals surface area (Å²) in [5, 5.41) is 2.94. The van der Waals surface area contributed by atoms with Crippen molar-refractivity contribution in [2.45, 2.75) is 25.7 Å².